The molecule has 0 amide bonds. The first-order valence-electron chi connectivity index (χ1n) is 29.4. The van der Waals surface area contributed by atoms with Crippen molar-refractivity contribution in [2.24, 2.45) is 0 Å². The minimum atomic E-state index is -1.48. The molecule has 0 spiro atoms. The Morgan fingerprint density at radius 3 is 1.40 bits per heavy atom. The third kappa shape index (κ3) is 14.8. The van der Waals surface area contributed by atoms with Crippen molar-refractivity contribution in [2.45, 2.75) is 115 Å². The molecule has 0 aliphatic heterocycles. The van der Waals surface area contributed by atoms with E-state index in [2.05, 4.69) is 171 Å². The molecule has 2 saturated carbocycles. The zero-order chi connectivity index (χ0) is 56.5. The van der Waals surface area contributed by atoms with Gasteiger partial charge in [0.25, 0.3) is 0 Å². The molecule has 6 heterocycles. The van der Waals surface area contributed by atoms with Gasteiger partial charge in [0.2, 0.25) is 0 Å². The number of nitrogens with zero attached hydrogens (tertiary/aromatic N) is 4. The van der Waals surface area contributed by atoms with E-state index in [4.69, 9.17) is 9.97 Å². The fraction of sp³-hybridized carbons (Fsp3) is 0.243. The number of hydrogen-bond donors (Lipinski definition) is 0. The maximum atomic E-state index is 4.92. The average molecular weight is 1520 g/mol. The van der Waals surface area contributed by atoms with Crippen molar-refractivity contribution in [1.29, 1.82) is 0 Å². The normalized spacial score (nSPS) is 13.8. The number of rotatable bonds is 8. The quantitative estimate of drug-likeness (QED) is 0.112. The van der Waals surface area contributed by atoms with Crippen molar-refractivity contribution in [1.82, 2.24) is 19.9 Å². The van der Waals surface area contributed by atoms with Crippen LogP contribution in [0.2, 0.25) is 39.3 Å². The SMILES string of the molecule is C[Si](C)(C)c1c[c-]c(-c2ccc(C3CCCCC3)cn2)c2sc3ccccc3c12.C[Si](C)(C)c1cccc2sc3c(-c4ccc(C5CCCCC5)cn4)[c-]ccc3c12.[Ir].[Ir].[c-]1ccccc1-c1ccccn1.[c-]1ccccc1-c1ccccn1. The van der Waals surface area contributed by atoms with Crippen molar-refractivity contribution in [2.75, 3.05) is 0 Å². The number of aromatic nitrogens is 4. The van der Waals surface area contributed by atoms with Gasteiger partial charge in [-0.2, -0.15) is 22.7 Å². The standard InChI is InChI=1S/2C26H28NSSi.2C11H8N.2Ir/c1-29(2,3)24-14-8-13-23-25(24)21-12-7-11-20(26(21)28-23)22-16-15-19(17-27-22)18-9-5-4-6-10-18;1-29(2,3)24-16-14-20(26-25(24)21-11-7-8-12-23(21)28-26)22-15-13-19(17-27-22)18-9-5-4-6-10-18;2*1-2-6-10(7-3-1)11-8-4-5-9-12-11;;/h7-8,12-18H,4-6,9-10H2,1-3H3;7-8,11-13,15-18H,4-6,9-10H2,1-3H3;2*1-6,8-9H;;/q4*-1;;. The van der Waals surface area contributed by atoms with E-state index in [1.807, 2.05) is 108 Å². The molecule has 14 rings (SSSR count). The van der Waals surface area contributed by atoms with Gasteiger partial charge in [-0.1, -0.05) is 173 Å². The van der Waals surface area contributed by atoms with Gasteiger partial charge in [-0.3, -0.25) is 0 Å². The molecule has 2 fully saturated rings. The molecule has 0 bridgehead atoms. The van der Waals surface area contributed by atoms with Gasteiger partial charge in [-0.25, -0.2) is 0 Å². The van der Waals surface area contributed by atoms with Gasteiger partial charge in [0.1, 0.15) is 0 Å². The summed E-state index contributed by atoms with van der Waals surface area (Å²) in [6.45, 7) is 14.6. The molecule has 0 atom stereocenters. The number of thiophene rings is 2. The minimum Gasteiger partial charge on any atom is -0.305 e. The molecular weight excluding hydrogens is 1450 g/mol. The predicted molar refractivity (Wildman–Crippen MR) is 357 cm³/mol. The van der Waals surface area contributed by atoms with Crippen LogP contribution in [0.4, 0.5) is 0 Å². The molecule has 6 aromatic heterocycles. The summed E-state index contributed by atoms with van der Waals surface area (Å²) >= 11 is 3.79. The molecule has 2 radical (unpaired) electrons. The van der Waals surface area contributed by atoms with Gasteiger partial charge in [0, 0.05) is 82.5 Å². The summed E-state index contributed by atoms with van der Waals surface area (Å²) in [5, 5.41) is 8.72. The summed E-state index contributed by atoms with van der Waals surface area (Å²) in [5.41, 5.74) is 11.3. The predicted octanol–water partition coefficient (Wildman–Crippen LogP) is 20.1. The smallest absolute Gasteiger partial charge is 0.0783 e. The van der Waals surface area contributed by atoms with Crippen molar-refractivity contribution < 1.29 is 40.2 Å². The maximum Gasteiger partial charge on any atom is 0.0783 e. The van der Waals surface area contributed by atoms with Gasteiger partial charge in [-0.05, 0) is 116 Å². The van der Waals surface area contributed by atoms with Gasteiger partial charge in [0.05, 0.1) is 8.07 Å². The van der Waals surface area contributed by atoms with E-state index in [9.17, 15) is 0 Å². The zero-order valence-electron chi connectivity index (χ0n) is 49.0. The Labute approximate surface area is 535 Å². The van der Waals surface area contributed by atoms with Crippen molar-refractivity contribution in [3.8, 4) is 45.0 Å². The van der Waals surface area contributed by atoms with E-state index in [1.54, 1.807) is 17.6 Å². The average Bonchev–Trinajstić information content (AvgIpc) is 2.81. The number of hydrogen-bond acceptors (Lipinski definition) is 6. The Morgan fingerprint density at radius 2 is 0.905 bits per heavy atom. The van der Waals surface area contributed by atoms with Crippen LogP contribution in [0.1, 0.15) is 87.2 Å². The molecule has 0 N–H and O–H groups in total. The van der Waals surface area contributed by atoms with Gasteiger partial charge in [0.15, 0.2) is 0 Å². The van der Waals surface area contributed by atoms with Crippen LogP contribution >= 0.6 is 22.7 Å². The number of benzene rings is 6. The maximum absolute atomic E-state index is 4.92. The van der Waals surface area contributed by atoms with E-state index in [-0.39, 0.29) is 40.2 Å². The summed E-state index contributed by atoms with van der Waals surface area (Å²) in [4.78, 5) is 18.3. The summed E-state index contributed by atoms with van der Waals surface area (Å²) in [6, 6.07) is 72.1. The summed E-state index contributed by atoms with van der Waals surface area (Å²) in [7, 11) is -2.90. The van der Waals surface area contributed by atoms with E-state index < -0.39 is 16.1 Å². The molecule has 6 aromatic carbocycles. The van der Waals surface area contributed by atoms with E-state index in [1.165, 1.54) is 126 Å². The molecule has 0 saturated heterocycles. The second-order valence-corrected chi connectivity index (χ2v) is 36.0. The molecule has 10 heteroatoms. The molecule has 84 heavy (non-hydrogen) atoms. The minimum absolute atomic E-state index is 0. The topological polar surface area (TPSA) is 51.6 Å². The van der Waals surface area contributed by atoms with E-state index >= 15 is 0 Å². The van der Waals surface area contributed by atoms with Crippen molar-refractivity contribution in [3.05, 3.63) is 230 Å². The molecule has 2 aliphatic rings. The third-order valence-electron chi connectivity index (χ3n) is 16.1. The summed E-state index contributed by atoms with van der Waals surface area (Å²) in [5.74, 6) is 1.40. The Kier molecular flexibility index (Phi) is 21.6. The molecule has 0 unspecified atom stereocenters. The first-order valence-corrected chi connectivity index (χ1v) is 38.0. The van der Waals surface area contributed by atoms with Crippen LogP contribution in [-0.2, 0) is 40.2 Å². The Bertz CT molecular complexity index is 3850. The van der Waals surface area contributed by atoms with Crippen LogP contribution in [0.25, 0.3) is 85.4 Å². The van der Waals surface area contributed by atoms with Crippen LogP contribution in [0.3, 0.4) is 0 Å². The molecule has 4 nitrogen and oxygen atoms in total. The first kappa shape index (κ1) is 62.6. The van der Waals surface area contributed by atoms with Crippen LogP contribution in [0, 0.1) is 24.3 Å². The number of fused-ring (bicyclic) bond motifs is 6. The second-order valence-electron chi connectivity index (χ2n) is 23.9. The van der Waals surface area contributed by atoms with E-state index in [0.29, 0.717) is 11.8 Å². The summed E-state index contributed by atoms with van der Waals surface area (Å²) < 4.78 is 5.43. The number of pyridine rings is 4. The Morgan fingerprint density at radius 1 is 0.393 bits per heavy atom. The summed E-state index contributed by atoms with van der Waals surface area (Å²) in [6.07, 6.45) is 21.3. The largest absolute Gasteiger partial charge is 0.305 e. The molecule has 2 aliphatic carbocycles. The second kappa shape index (κ2) is 29.0. The van der Waals surface area contributed by atoms with Crippen molar-refractivity contribution in [3.63, 3.8) is 0 Å². The molecule has 12 aromatic rings. The zero-order valence-corrected chi connectivity index (χ0v) is 57.4. The molecule has 430 valence electrons. The van der Waals surface area contributed by atoms with Gasteiger partial charge >= 0.3 is 0 Å². The van der Waals surface area contributed by atoms with Gasteiger partial charge < -0.3 is 19.9 Å². The van der Waals surface area contributed by atoms with Crippen LogP contribution in [0.5, 0.6) is 0 Å². The fourth-order valence-corrected chi connectivity index (χ4v) is 17.5. The fourth-order valence-electron chi connectivity index (χ4n) is 11.8. The van der Waals surface area contributed by atoms with Crippen LogP contribution < -0.4 is 10.4 Å². The third-order valence-corrected chi connectivity index (χ3v) is 22.5. The monoisotopic (exact) mass is 1520 g/mol. The van der Waals surface area contributed by atoms with E-state index in [0.717, 1.165) is 39.5 Å². The Balaban J connectivity index is 0.000000144. The molecular formula is C74H72Ir2N4S2Si2-4. The van der Waals surface area contributed by atoms with Crippen molar-refractivity contribution >= 4 is 89.5 Å². The van der Waals surface area contributed by atoms with Crippen LogP contribution in [0.15, 0.2) is 195 Å². The van der Waals surface area contributed by atoms with Crippen LogP contribution in [-0.4, -0.2) is 36.1 Å². The van der Waals surface area contributed by atoms with Gasteiger partial charge in [-0.15, -0.1) is 118 Å². The first-order chi connectivity index (χ1) is 40.0. The Hall–Kier alpha value is -5.91.